The van der Waals surface area contributed by atoms with Crippen LogP contribution in [0.15, 0.2) is 18.2 Å². The van der Waals surface area contributed by atoms with Crippen LogP contribution in [0.25, 0.3) is 0 Å². The fourth-order valence-electron chi connectivity index (χ4n) is 1.55. The van der Waals surface area contributed by atoms with Crippen LogP contribution in [0.2, 0.25) is 5.02 Å². The minimum absolute atomic E-state index is 0.261. The first kappa shape index (κ1) is 14.6. The molecule has 0 unspecified atom stereocenters. The van der Waals surface area contributed by atoms with Crippen molar-refractivity contribution in [1.29, 1.82) is 0 Å². The molecule has 0 fully saturated rings. The van der Waals surface area contributed by atoms with E-state index in [2.05, 4.69) is 11.9 Å². The molecule has 0 heterocycles. The van der Waals surface area contributed by atoms with E-state index in [1.54, 1.807) is 0 Å². The third kappa shape index (κ3) is 5.27. The van der Waals surface area contributed by atoms with Gasteiger partial charge in [0.1, 0.15) is 5.75 Å². The van der Waals surface area contributed by atoms with Crippen molar-refractivity contribution < 1.29 is 9.73 Å². The van der Waals surface area contributed by atoms with Crippen LogP contribution < -0.4 is 21.2 Å². The summed E-state index contributed by atoms with van der Waals surface area (Å²) in [6, 6.07) is 5.90. The molecule has 0 radical (unpaired) electrons. The largest absolute Gasteiger partial charge is 0.492 e. The molecule has 100 valence electrons. The van der Waals surface area contributed by atoms with E-state index < -0.39 is 0 Å². The Kier molecular flexibility index (Phi) is 6.36. The van der Waals surface area contributed by atoms with Crippen LogP contribution in [0.4, 0.5) is 0 Å². The summed E-state index contributed by atoms with van der Waals surface area (Å²) in [4.78, 5) is 2.88. The Balaban J connectivity index is 2.48. The van der Waals surface area contributed by atoms with E-state index in [0.29, 0.717) is 11.6 Å². The molecule has 5 N–H and O–H groups in total. The van der Waals surface area contributed by atoms with Gasteiger partial charge in [-0.25, -0.2) is 0 Å². The summed E-state index contributed by atoms with van der Waals surface area (Å²) < 4.78 is 5.52. The second kappa shape index (κ2) is 7.82. The zero-order chi connectivity index (χ0) is 13.4. The third-order valence-corrected chi connectivity index (χ3v) is 2.72. The van der Waals surface area contributed by atoms with Crippen molar-refractivity contribution in [2.75, 3.05) is 13.2 Å². The van der Waals surface area contributed by atoms with Crippen LogP contribution in [-0.4, -0.2) is 19.1 Å². The lowest BCUT2D eigenvalue weighted by Gasteiger charge is -2.08. The first-order chi connectivity index (χ1) is 8.63. The number of ether oxygens (including phenoxy) is 1. The highest BCUT2D eigenvalue weighted by molar-refractivity contribution is 6.32. The summed E-state index contributed by atoms with van der Waals surface area (Å²) >= 11 is 6.14. The van der Waals surface area contributed by atoms with Gasteiger partial charge in [-0.05, 0) is 37.0 Å². The molecule has 0 amide bonds. The maximum Gasteiger partial charge on any atom is 0.338 e. The number of rotatable bonds is 7. The molecule has 1 aromatic carbocycles. The summed E-state index contributed by atoms with van der Waals surface area (Å²) in [5.74, 6) is 1.01. The van der Waals surface area contributed by atoms with Gasteiger partial charge in [-0.3, -0.25) is 16.5 Å². The van der Waals surface area contributed by atoms with E-state index in [1.807, 2.05) is 18.2 Å². The Hall–Kier alpha value is -1.42. The Bertz CT molecular complexity index is 403. The standard InChI is InChI=1S/C13H20ClN3O/c1-2-8-18-12-6-5-10(9-11(12)14)4-3-7-17-13(15)16/h5-6,9H,2-4,7-8H2,1H3,(H4,15,16,17)/p+1. The molecule has 0 aliphatic carbocycles. The van der Waals surface area contributed by atoms with Gasteiger partial charge in [-0.1, -0.05) is 24.6 Å². The summed E-state index contributed by atoms with van der Waals surface area (Å²) in [7, 11) is 0. The predicted octanol–water partition coefficient (Wildman–Crippen LogP) is 0.415. The molecule has 1 aromatic rings. The molecule has 0 saturated carbocycles. The molecular weight excluding hydrogens is 250 g/mol. The minimum atomic E-state index is 0.261. The summed E-state index contributed by atoms with van der Waals surface area (Å²) in [6.45, 7) is 3.51. The maximum absolute atomic E-state index is 6.14. The fraction of sp³-hybridized carbons (Fsp3) is 0.462. The van der Waals surface area contributed by atoms with Crippen LogP contribution in [0.5, 0.6) is 5.75 Å². The Morgan fingerprint density at radius 3 is 2.78 bits per heavy atom. The van der Waals surface area contributed by atoms with Gasteiger partial charge in [0, 0.05) is 0 Å². The molecule has 0 saturated heterocycles. The van der Waals surface area contributed by atoms with Gasteiger partial charge in [-0.2, -0.15) is 0 Å². The van der Waals surface area contributed by atoms with Gasteiger partial charge in [-0.15, -0.1) is 0 Å². The minimum Gasteiger partial charge on any atom is -0.492 e. The average Bonchev–Trinajstić information content (AvgIpc) is 2.33. The van der Waals surface area contributed by atoms with E-state index in [1.165, 1.54) is 5.56 Å². The molecule has 1 rings (SSSR count). The topological polar surface area (TPSA) is 75.2 Å². The van der Waals surface area contributed by atoms with Crippen LogP contribution in [0.3, 0.4) is 0 Å². The Morgan fingerprint density at radius 2 is 2.17 bits per heavy atom. The van der Waals surface area contributed by atoms with E-state index >= 15 is 0 Å². The number of aryl methyl sites for hydroxylation is 1. The van der Waals surface area contributed by atoms with E-state index in [4.69, 9.17) is 27.8 Å². The normalized spacial score (nSPS) is 10.1. The Morgan fingerprint density at radius 1 is 1.39 bits per heavy atom. The Labute approximate surface area is 113 Å². The SMILES string of the molecule is CCCOc1ccc(CCC[NH+]=C(N)N)cc1Cl. The quantitative estimate of drug-likeness (QED) is 0.382. The highest BCUT2D eigenvalue weighted by Crippen LogP contribution is 2.25. The van der Waals surface area contributed by atoms with Crippen LogP contribution >= 0.6 is 11.6 Å². The van der Waals surface area contributed by atoms with Crippen LogP contribution in [-0.2, 0) is 6.42 Å². The zero-order valence-electron chi connectivity index (χ0n) is 10.7. The number of hydrogen-bond acceptors (Lipinski definition) is 1. The third-order valence-electron chi connectivity index (χ3n) is 2.43. The molecule has 5 heteroatoms. The number of benzene rings is 1. The molecule has 18 heavy (non-hydrogen) atoms. The lowest BCUT2D eigenvalue weighted by Crippen LogP contribution is -2.78. The van der Waals surface area contributed by atoms with Gasteiger partial charge in [0.05, 0.1) is 18.2 Å². The first-order valence-corrected chi connectivity index (χ1v) is 6.54. The second-order valence-electron chi connectivity index (χ2n) is 4.10. The number of hydrogen-bond donors (Lipinski definition) is 3. The lowest BCUT2D eigenvalue weighted by atomic mass is 10.1. The average molecular weight is 271 g/mol. The van der Waals surface area contributed by atoms with Gasteiger partial charge < -0.3 is 4.74 Å². The van der Waals surface area contributed by atoms with E-state index in [-0.39, 0.29) is 5.96 Å². The molecule has 0 bridgehead atoms. The molecular formula is C13H21ClN3O+. The van der Waals surface area contributed by atoms with Crippen molar-refractivity contribution in [3.05, 3.63) is 28.8 Å². The van der Waals surface area contributed by atoms with Crippen molar-refractivity contribution in [3.63, 3.8) is 0 Å². The lowest BCUT2D eigenvalue weighted by molar-refractivity contribution is -0.459. The van der Waals surface area contributed by atoms with Crippen molar-refractivity contribution in [2.24, 2.45) is 11.5 Å². The second-order valence-corrected chi connectivity index (χ2v) is 4.51. The molecule has 0 atom stereocenters. The number of guanidine groups is 1. The van der Waals surface area contributed by atoms with Crippen molar-refractivity contribution >= 4 is 17.6 Å². The maximum atomic E-state index is 6.14. The van der Waals surface area contributed by atoms with E-state index in [9.17, 15) is 0 Å². The number of nitrogens with two attached hydrogens (primary N) is 2. The van der Waals surface area contributed by atoms with Crippen LogP contribution in [0.1, 0.15) is 25.3 Å². The van der Waals surface area contributed by atoms with Crippen molar-refractivity contribution in [2.45, 2.75) is 26.2 Å². The number of halogens is 1. The molecule has 0 spiro atoms. The van der Waals surface area contributed by atoms with E-state index in [0.717, 1.165) is 31.6 Å². The smallest absolute Gasteiger partial charge is 0.338 e. The molecule has 0 aromatic heterocycles. The molecule has 4 nitrogen and oxygen atoms in total. The fourth-order valence-corrected chi connectivity index (χ4v) is 1.81. The first-order valence-electron chi connectivity index (χ1n) is 6.16. The number of nitrogens with one attached hydrogen (secondary N) is 1. The highest BCUT2D eigenvalue weighted by Gasteiger charge is 2.03. The van der Waals surface area contributed by atoms with Crippen molar-refractivity contribution in [1.82, 2.24) is 0 Å². The van der Waals surface area contributed by atoms with Gasteiger partial charge in [0.25, 0.3) is 0 Å². The highest BCUT2D eigenvalue weighted by atomic mass is 35.5. The zero-order valence-corrected chi connectivity index (χ0v) is 11.5. The summed E-state index contributed by atoms with van der Waals surface area (Å²) in [5.41, 5.74) is 11.8. The summed E-state index contributed by atoms with van der Waals surface area (Å²) in [5, 5.41) is 0.666. The monoisotopic (exact) mass is 270 g/mol. The van der Waals surface area contributed by atoms with Crippen molar-refractivity contribution in [3.8, 4) is 5.75 Å². The van der Waals surface area contributed by atoms with Gasteiger partial charge >= 0.3 is 5.96 Å². The van der Waals surface area contributed by atoms with Gasteiger partial charge in [0.15, 0.2) is 0 Å². The summed E-state index contributed by atoms with van der Waals surface area (Å²) in [6.07, 6.45) is 2.85. The molecule has 0 aliphatic rings. The predicted molar refractivity (Wildman–Crippen MR) is 74.8 cm³/mol. The van der Waals surface area contributed by atoms with Crippen LogP contribution in [0, 0.1) is 0 Å². The van der Waals surface area contributed by atoms with Gasteiger partial charge in [0.2, 0.25) is 0 Å². The molecule has 0 aliphatic heterocycles.